The number of benzene rings is 1. The summed E-state index contributed by atoms with van der Waals surface area (Å²) in [6, 6.07) is 6.41. The number of anilines is 1. The Morgan fingerprint density at radius 2 is 2.10 bits per heavy atom. The predicted octanol–water partition coefficient (Wildman–Crippen LogP) is 3.16. The van der Waals surface area contributed by atoms with Crippen molar-refractivity contribution in [1.82, 2.24) is 4.90 Å². The van der Waals surface area contributed by atoms with Gasteiger partial charge < -0.3 is 15.0 Å². The molecule has 1 saturated heterocycles. The van der Waals surface area contributed by atoms with Gasteiger partial charge in [0.2, 0.25) is 0 Å². The van der Waals surface area contributed by atoms with Crippen LogP contribution in [0.5, 0.6) is 5.75 Å². The molecule has 0 bridgehead atoms. The Morgan fingerprint density at radius 3 is 2.85 bits per heavy atom. The van der Waals surface area contributed by atoms with Crippen molar-refractivity contribution in [1.29, 1.82) is 0 Å². The average molecular weight is 274 g/mol. The summed E-state index contributed by atoms with van der Waals surface area (Å²) in [5, 5.41) is 3.45. The van der Waals surface area contributed by atoms with Crippen LogP contribution >= 0.6 is 0 Å². The fourth-order valence-corrected chi connectivity index (χ4v) is 3.23. The summed E-state index contributed by atoms with van der Waals surface area (Å²) in [4.78, 5) is 2.53. The standard InChI is InChI=1S/C17H26N2O/c1-3-19-11-8-17(2,9-12-19)13-20-15-6-4-5-14-7-10-18-16(14)15/h4-6,18H,3,7-13H2,1-2H3. The highest BCUT2D eigenvalue weighted by Gasteiger charge is 2.30. The maximum Gasteiger partial charge on any atom is 0.142 e. The van der Waals surface area contributed by atoms with Crippen molar-refractivity contribution in [2.24, 2.45) is 5.41 Å². The Bertz CT molecular complexity index is 464. The normalized spacial score (nSPS) is 21.3. The van der Waals surface area contributed by atoms with Crippen LogP contribution in [0.15, 0.2) is 18.2 Å². The fraction of sp³-hybridized carbons (Fsp3) is 0.647. The van der Waals surface area contributed by atoms with E-state index in [1.165, 1.54) is 43.7 Å². The molecule has 110 valence electrons. The van der Waals surface area contributed by atoms with E-state index in [0.29, 0.717) is 5.41 Å². The van der Waals surface area contributed by atoms with Gasteiger partial charge >= 0.3 is 0 Å². The molecule has 3 heteroatoms. The highest BCUT2D eigenvalue weighted by Crippen LogP contribution is 2.36. The van der Waals surface area contributed by atoms with Gasteiger partial charge in [-0.1, -0.05) is 26.0 Å². The molecule has 1 fully saturated rings. The Balaban J connectivity index is 1.61. The van der Waals surface area contributed by atoms with Crippen LogP contribution in [-0.2, 0) is 6.42 Å². The molecule has 0 radical (unpaired) electrons. The van der Waals surface area contributed by atoms with Gasteiger partial charge in [0.15, 0.2) is 0 Å². The van der Waals surface area contributed by atoms with Crippen LogP contribution in [0.1, 0.15) is 32.3 Å². The van der Waals surface area contributed by atoms with E-state index in [4.69, 9.17) is 4.74 Å². The Labute approximate surface area is 122 Å². The summed E-state index contributed by atoms with van der Waals surface area (Å²) < 4.78 is 6.18. The quantitative estimate of drug-likeness (QED) is 0.913. The maximum absolute atomic E-state index is 6.18. The van der Waals surface area contributed by atoms with Crippen LogP contribution in [0, 0.1) is 5.41 Å². The van der Waals surface area contributed by atoms with E-state index in [9.17, 15) is 0 Å². The second-order valence-corrected chi connectivity index (χ2v) is 6.50. The Kier molecular flexibility index (Phi) is 3.88. The van der Waals surface area contributed by atoms with Gasteiger partial charge in [0.05, 0.1) is 12.3 Å². The second kappa shape index (κ2) is 5.65. The first-order valence-corrected chi connectivity index (χ1v) is 7.91. The summed E-state index contributed by atoms with van der Waals surface area (Å²) in [7, 11) is 0. The molecule has 0 aliphatic carbocycles. The summed E-state index contributed by atoms with van der Waals surface area (Å²) >= 11 is 0. The lowest BCUT2D eigenvalue weighted by Gasteiger charge is -2.38. The van der Waals surface area contributed by atoms with Gasteiger partial charge in [-0.05, 0) is 50.5 Å². The molecule has 2 heterocycles. The number of nitrogens with one attached hydrogen (secondary N) is 1. The first-order valence-electron chi connectivity index (χ1n) is 7.91. The predicted molar refractivity (Wildman–Crippen MR) is 83.6 cm³/mol. The summed E-state index contributed by atoms with van der Waals surface area (Å²) in [6.07, 6.45) is 3.60. The Morgan fingerprint density at radius 1 is 1.30 bits per heavy atom. The van der Waals surface area contributed by atoms with E-state index >= 15 is 0 Å². The van der Waals surface area contributed by atoms with E-state index in [1.807, 2.05) is 0 Å². The number of likely N-dealkylation sites (tertiary alicyclic amines) is 1. The largest absolute Gasteiger partial charge is 0.491 e. The van der Waals surface area contributed by atoms with E-state index in [-0.39, 0.29) is 0 Å². The number of fused-ring (bicyclic) bond motifs is 1. The first kappa shape index (κ1) is 13.7. The third-order valence-corrected chi connectivity index (χ3v) is 4.90. The molecule has 1 aromatic rings. The zero-order valence-corrected chi connectivity index (χ0v) is 12.7. The minimum absolute atomic E-state index is 0.326. The number of hydrogen-bond acceptors (Lipinski definition) is 3. The summed E-state index contributed by atoms with van der Waals surface area (Å²) in [5.41, 5.74) is 2.95. The summed E-state index contributed by atoms with van der Waals surface area (Å²) in [5.74, 6) is 1.04. The molecule has 1 N–H and O–H groups in total. The second-order valence-electron chi connectivity index (χ2n) is 6.50. The lowest BCUT2D eigenvalue weighted by Crippen LogP contribution is -2.41. The molecule has 20 heavy (non-hydrogen) atoms. The monoisotopic (exact) mass is 274 g/mol. The molecular weight excluding hydrogens is 248 g/mol. The number of piperidine rings is 1. The zero-order chi connectivity index (χ0) is 14.0. The highest BCUT2D eigenvalue weighted by atomic mass is 16.5. The van der Waals surface area contributed by atoms with Crippen molar-refractivity contribution >= 4 is 5.69 Å². The lowest BCUT2D eigenvalue weighted by molar-refractivity contribution is 0.0718. The van der Waals surface area contributed by atoms with Gasteiger partial charge in [-0.3, -0.25) is 0 Å². The molecule has 1 aromatic carbocycles. The third kappa shape index (κ3) is 2.78. The van der Waals surface area contributed by atoms with Gasteiger partial charge in [0.25, 0.3) is 0 Å². The smallest absolute Gasteiger partial charge is 0.142 e. The van der Waals surface area contributed by atoms with Gasteiger partial charge in [0, 0.05) is 12.0 Å². The van der Waals surface area contributed by atoms with Crippen LogP contribution in [-0.4, -0.2) is 37.7 Å². The van der Waals surface area contributed by atoms with E-state index in [0.717, 1.165) is 25.3 Å². The van der Waals surface area contributed by atoms with Crippen LogP contribution in [0.3, 0.4) is 0 Å². The van der Waals surface area contributed by atoms with Crippen molar-refractivity contribution in [2.75, 3.05) is 38.1 Å². The first-order chi connectivity index (χ1) is 9.70. The van der Waals surface area contributed by atoms with Crippen molar-refractivity contribution in [3.63, 3.8) is 0 Å². The van der Waals surface area contributed by atoms with Crippen molar-refractivity contribution in [3.8, 4) is 5.75 Å². The van der Waals surface area contributed by atoms with Crippen LogP contribution in [0.25, 0.3) is 0 Å². The molecular formula is C17H26N2O. The van der Waals surface area contributed by atoms with Crippen LogP contribution in [0.4, 0.5) is 5.69 Å². The molecule has 0 amide bonds. The fourth-order valence-electron chi connectivity index (χ4n) is 3.23. The number of ether oxygens (including phenoxy) is 1. The van der Waals surface area contributed by atoms with Gasteiger partial charge in [-0.15, -0.1) is 0 Å². The molecule has 3 rings (SSSR count). The average Bonchev–Trinajstić information content (AvgIpc) is 2.95. The van der Waals surface area contributed by atoms with Crippen molar-refractivity contribution in [3.05, 3.63) is 23.8 Å². The van der Waals surface area contributed by atoms with Crippen LogP contribution < -0.4 is 10.1 Å². The minimum Gasteiger partial charge on any atom is -0.491 e. The summed E-state index contributed by atoms with van der Waals surface area (Å²) in [6.45, 7) is 10.1. The Hall–Kier alpha value is -1.22. The third-order valence-electron chi connectivity index (χ3n) is 4.90. The maximum atomic E-state index is 6.18. The SMILES string of the molecule is CCN1CCC(C)(COc2cccc3c2NCC3)CC1. The number of para-hydroxylation sites is 1. The molecule has 0 atom stereocenters. The van der Waals surface area contributed by atoms with Gasteiger partial charge in [-0.25, -0.2) is 0 Å². The molecule has 2 aliphatic heterocycles. The van der Waals surface area contributed by atoms with E-state index in [2.05, 4.69) is 42.3 Å². The molecule has 0 unspecified atom stereocenters. The number of hydrogen-bond donors (Lipinski definition) is 1. The minimum atomic E-state index is 0.326. The topological polar surface area (TPSA) is 24.5 Å². The number of rotatable bonds is 4. The zero-order valence-electron chi connectivity index (χ0n) is 12.7. The van der Waals surface area contributed by atoms with E-state index in [1.54, 1.807) is 0 Å². The molecule has 3 nitrogen and oxygen atoms in total. The lowest BCUT2D eigenvalue weighted by atomic mass is 9.81. The van der Waals surface area contributed by atoms with E-state index < -0.39 is 0 Å². The molecule has 0 saturated carbocycles. The molecule has 0 aromatic heterocycles. The molecule has 2 aliphatic rings. The van der Waals surface area contributed by atoms with Gasteiger partial charge in [-0.2, -0.15) is 0 Å². The number of nitrogens with zero attached hydrogens (tertiary/aromatic N) is 1. The van der Waals surface area contributed by atoms with Crippen molar-refractivity contribution < 1.29 is 4.74 Å². The van der Waals surface area contributed by atoms with Gasteiger partial charge in [0.1, 0.15) is 5.75 Å². The van der Waals surface area contributed by atoms with Crippen molar-refractivity contribution in [2.45, 2.75) is 33.1 Å². The molecule has 0 spiro atoms. The highest BCUT2D eigenvalue weighted by molar-refractivity contribution is 5.65. The van der Waals surface area contributed by atoms with Crippen LogP contribution in [0.2, 0.25) is 0 Å².